The zero-order valence-corrected chi connectivity index (χ0v) is 13.7. The van der Waals surface area contributed by atoms with E-state index in [0.717, 1.165) is 5.69 Å². The van der Waals surface area contributed by atoms with Crippen LogP contribution in [-0.2, 0) is 11.2 Å². The first-order chi connectivity index (χ1) is 9.99. The summed E-state index contributed by atoms with van der Waals surface area (Å²) in [7, 11) is 0. The van der Waals surface area contributed by atoms with Crippen LogP contribution in [0.5, 0.6) is 0 Å². The van der Waals surface area contributed by atoms with Crippen LogP contribution in [0.25, 0.3) is 0 Å². The third kappa shape index (κ3) is 4.15. The number of amides is 1. The highest BCUT2D eigenvalue weighted by atomic mass is 32.2. The lowest BCUT2D eigenvalue weighted by molar-refractivity contribution is -0.116. The van der Waals surface area contributed by atoms with Gasteiger partial charge in [0.15, 0.2) is 10.3 Å². The van der Waals surface area contributed by atoms with Crippen molar-refractivity contribution < 1.29 is 4.79 Å². The molecule has 112 valence electrons. The van der Waals surface area contributed by atoms with Crippen LogP contribution >= 0.6 is 23.1 Å². The molecule has 0 aliphatic carbocycles. The lowest BCUT2D eigenvalue weighted by atomic mass is 10.1. The quantitative estimate of drug-likeness (QED) is 0.650. The molecule has 0 unspecified atom stereocenters. The maximum Gasteiger partial charge on any atom is 0.254 e. The second kappa shape index (κ2) is 6.86. The van der Waals surface area contributed by atoms with Gasteiger partial charge in [-0.1, -0.05) is 11.8 Å². The van der Waals surface area contributed by atoms with E-state index in [4.69, 9.17) is 0 Å². The van der Waals surface area contributed by atoms with Crippen molar-refractivity contribution in [3.8, 4) is 0 Å². The molecule has 2 N–H and O–H groups in total. The zero-order valence-electron chi connectivity index (χ0n) is 12.0. The molecule has 0 fully saturated rings. The number of thiazole rings is 1. The lowest BCUT2D eigenvalue weighted by Crippen LogP contribution is -2.20. The summed E-state index contributed by atoms with van der Waals surface area (Å²) in [5, 5.41) is 5.77. The number of hydrogen-bond acceptors (Lipinski definition) is 6. The summed E-state index contributed by atoms with van der Waals surface area (Å²) in [5.74, 6) is -0.155. The number of nitrogens with zero attached hydrogens (tertiary/aromatic N) is 2. The number of carbonyl (C=O) groups excluding carboxylic acids is 1. The van der Waals surface area contributed by atoms with Gasteiger partial charge >= 0.3 is 0 Å². The van der Waals surface area contributed by atoms with E-state index in [9.17, 15) is 9.59 Å². The fourth-order valence-corrected chi connectivity index (χ4v) is 2.93. The van der Waals surface area contributed by atoms with E-state index < -0.39 is 0 Å². The first kappa shape index (κ1) is 15.7. The minimum Gasteiger partial charge on any atom is -0.302 e. The van der Waals surface area contributed by atoms with Gasteiger partial charge in [-0.2, -0.15) is 0 Å². The number of rotatable bonds is 5. The SMILES string of the molecule is CSc1nc(C)c(CCC(=O)Nc2nc(C)cs2)c(=O)[nH]1. The average molecular weight is 324 g/mol. The minimum atomic E-state index is -0.176. The molecule has 0 spiro atoms. The largest absolute Gasteiger partial charge is 0.302 e. The Morgan fingerprint density at radius 1 is 1.43 bits per heavy atom. The highest BCUT2D eigenvalue weighted by Gasteiger charge is 2.11. The monoisotopic (exact) mass is 324 g/mol. The van der Waals surface area contributed by atoms with Gasteiger partial charge in [0.25, 0.3) is 5.56 Å². The van der Waals surface area contributed by atoms with Gasteiger partial charge in [0.05, 0.1) is 5.69 Å². The van der Waals surface area contributed by atoms with Gasteiger partial charge in [-0.25, -0.2) is 9.97 Å². The molecule has 21 heavy (non-hydrogen) atoms. The molecule has 6 nitrogen and oxygen atoms in total. The van der Waals surface area contributed by atoms with E-state index in [1.807, 2.05) is 18.6 Å². The summed E-state index contributed by atoms with van der Waals surface area (Å²) in [6.45, 7) is 3.65. The third-order valence-electron chi connectivity index (χ3n) is 2.86. The molecule has 0 atom stereocenters. The van der Waals surface area contributed by atoms with Crippen molar-refractivity contribution in [2.24, 2.45) is 0 Å². The highest BCUT2D eigenvalue weighted by Crippen LogP contribution is 2.15. The first-order valence-corrected chi connectivity index (χ1v) is 8.46. The topological polar surface area (TPSA) is 87.7 Å². The lowest BCUT2D eigenvalue weighted by Gasteiger charge is -2.05. The van der Waals surface area contributed by atoms with Gasteiger partial charge in [0, 0.05) is 23.1 Å². The van der Waals surface area contributed by atoms with Crippen molar-refractivity contribution in [3.05, 3.63) is 32.7 Å². The number of thioether (sulfide) groups is 1. The summed E-state index contributed by atoms with van der Waals surface area (Å²) < 4.78 is 0. The second-order valence-electron chi connectivity index (χ2n) is 4.48. The molecule has 2 aromatic heterocycles. The Bertz CT molecular complexity index is 708. The number of carbonyl (C=O) groups is 1. The van der Waals surface area contributed by atoms with Crippen LogP contribution in [0.15, 0.2) is 15.3 Å². The zero-order chi connectivity index (χ0) is 15.4. The van der Waals surface area contributed by atoms with Gasteiger partial charge in [0.1, 0.15) is 0 Å². The van der Waals surface area contributed by atoms with Crippen molar-refractivity contribution in [2.75, 3.05) is 11.6 Å². The number of aryl methyl sites for hydroxylation is 2. The third-order valence-corrected chi connectivity index (χ3v) is 4.32. The number of H-pyrrole nitrogens is 1. The summed E-state index contributed by atoms with van der Waals surface area (Å²) >= 11 is 2.77. The van der Waals surface area contributed by atoms with Crippen LogP contribution in [0, 0.1) is 13.8 Å². The van der Waals surface area contributed by atoms with Crippen molar-refractivity contribution in [3.63, 3.8) is 0 Å². The molecule has 2 rings (SSSR count). The number of nitrogens with one attached hydrogen (secondary N) is 2. The summed E-state index contributed by atoms with van der Waals surface area (Å²) in [4.78, 5) is 35.0. The Kier molecular flexibility index (Phi) is 5.13. The highest BCUT2D eigenvalue weighted by molar-refractivity contribution is 7.98. The molecule has 0 bridgehead atoms. The number of aromatic amines is 1. The summed E-state index contributed by atoms with van der Waals surface area (Å²) in [6.07, 6.45) is 2.43. The van der Waals surface area contributed by atoms with Crippen molar-refractivity contribution >= 4 is 34.1 Å². The molecule has 0 aliphatic rings. The second-order valence-corrected chi connectivity index (χ2v) is 6.13. The Morgan fingerprint density at radius 2 is 2.19 bits per heavy atom. The van der Waals surface area contributed by atoms with E-state index in [0.29, 0.717) is 28.0 Å². The van der Waals surface area contributed by atoms with Gasteiger partial charge in [-0.3, -0.25) is 9.59 Å². The van der Waals surface area contributed by atoms with E-state index in [1.165, 1.54) is 23.1 Å². The predicted octanol–water partition coefficient (Wildman–Crippen LogP) is 2.14. The molecule has 2 aromatic rings. The summed E-state index contributed by atoms with van der Waals surface area (Å²) in [5.41, 5.74) is 1.92. The van der Waals surface area contributed by atoms with E-state index in [1.54, 1.807) is 6.92 Å². The average Bonchev–Trinajstić information content (AvgIpc) is 2.82. The summed E-state index contributed by atoms with van der Waals surface area (Å²) in [6, 6.07) is 0. The molecule has 2 heterocycles. The van der Waals surface area contributed by atoms with Gasteiger partial charge in [-0.05, 0) is 26.5 Å². The van der Waals surface area contributed by atoms with Gasteiger partial charge < -0.3 is 10.3 Å². The number of hydrogen-bond donors (Lipinski definition) is 2. The fraction of sp³-hybridized carbons (Fsp3) is 0.385. The Balaban J connectivity index is 2.00. The normalized spacial score (nSPS) is 10.6. The van der Waals surface area contributed by atoms with Crippen LogP contribution in [0.1, 0.15) is 23.4 Å². The number of aromatic nitrogens is 3. The molecular formula is C13H16N4O2S2. The standard InChI is InChI=1S/C13H16N4O2S2/c1-7-6-21-13(14-7)16-10(18)5-4-9-8(2)15-12(20-3)17-11(9)19/h6H,4-5H2,1-3H3,(H,14,16,18)(H,15,17,19). The molecule has 0 aromatic carbocycles. The van der Waals surface area contributed by atoms with Crippen LogP contribution < -0.4 is 10.9 Å². The van der Waals surface area contributed by atoms with Crippen LogP contribution in [0.3, 0.4) is 0 Å². The minimum absolute atomic E-state index is 0.155. The van der Waals surface area contributed by atoms with Crippen LogP contribution in [-0.4, -0.2) is 27.1 Å². The molecule has 0 saturated carbocycles. The maximum absolute atomic E-state index is 11.9. The van der Waals surface area contributed by atoms with Gasteiger partial charge in [0.2, 0.25) is 5.91 Å². The van der Waals surface area contributed by atoms with Crippen molar-refractivity contribution in [1.82, 2.24) is 15.0 Å². The molecule has 0 saturated heterocycles. The maximum atomic E-state index is 11.9. The molecular weight excluding hydrogens is 308 g/mol. The van der Waals surface area contributed by atoms with E-state index in [-0.39, 0.29) is 17.9 Å². The van der Waals surface area contributed by atoms with Crippen LogP contribution in [0.4, 0.5) is 5.13 Å². The van der Waals surface area contributed by atoms with Crippen molar-refractivity contribution in [1.29, 1.82) is 0 Å². The number of anilines is 1. The van der Waals surface area contributed by atoms with Gasteiger partial charge in [-0.15, -0.1) is 11.3 Å². The van der Waals surface area contributed by atoms with Crippen molar-refractivity contribution in [2.45, 2.75) is 31.8 Å². The fourth-order valence-electron chi connectivity index (χ4n) is 1.81. The Hall–Kier alpha value is -1.67. The van der Waals surface area contributed by atoms with E-state index >= 15 is 0 Å². The predicted molar refractivity (Wildman–Crippen MR) is 85.2 cm³/mol. The van der Waals surface area contributed by atoms with Crippen LogP contribution in [0.2, 0.25) is 0 Å². The molecule has 0 radical (unpaired) electrons. The Morgan fingerprint density at radius 3 is 2.76 bits per heavy atom. The smallest absolute Gasteiger partial charge is 0.254 e. The molecule has 1 amide bonds. The molecule has 8 heteroatoms. The first-order valence-electron chi connectivity index (χ1n) is 6.35. The van der Waals surface area contributed by atoms with E-state index in [2.05, 4.69) is 20.3 Å². The molecule has 0 aliphatic heterocycles. The Labute approximate surface area is 130 Å².